The number of rotatable bonds is 23. The van der Waals surface area contributed by atoms with Gasteiger partial charge in [0.2, 0.25) is 0 Å². The third kappa shape index (κ3) is 14.0. The topological polar surface area (TPSA) is 215 Å². The molecule has 2 N–H and O–H groups in total. The largest absolute Gasteiger partial charge is 0.497 e. The van der Waals surface area contributed by atoms with Gasteiger partial charge in [-0.15, -0.1) is 0 Å². The van der Waals surface area contributed by atoms with Crippen molar-refractivity contribution in [3.05, 3.63) is 144 Å². The summed E-state index contributed by atoms with van der Waals surface area (Å²) >= 11 is 0. The van der Waals surface area contributed by atoms with E-state index in [2.05, 4.69) is 4.72 Å². The highest BCUT2D eigenvalue weighted by Gasteiger charge is 2.33. The van der Waals surface area contributed by atoms with Gasteiger partial charge in [-0.1, -0.05) is 77.1 Å². The minimum absolute atomic E-state index is 0.0258. The van der Waals surface area contributed by atoms with E-state index in [0.29, 0.717) is 24.7 Å². The lowest BCUT2D eigenvalue weighted by Gasteiger charge is -2.29. The van der Waals surface area contributed by atoms with E-state index in [1.807, 2.05) is 34.6 Å². The number of nitrogens with zero attached hydrogens (tertiary/aromatic N) is 2. The number of ether oxygens (including phenoxy) is 8. The molecule has 0 aliphatic carbocycles. The summed E-state index contributed by atoms with van der Waals surface area (Å²) in [6, 6.07) is 32.9. The number of anilines is 2. The highest BCUT2D eigenvalue weighted by molar-refractivity contribution is 7.93. The number of esters is 1. The molecule has 1 aliphatic rings. The summed E-state index contributed by atoms with van der Waals surface area (Å²) < 4.78 is 109. The second kappa shape index (κ2) is 24.9. The molecule has 1 fully saturated rings. The van der Waals surface area contributed by atoms with E-state index < -0.39 is 45.1 Å². The normalized spacial score (nSPS) is 12.9. The number of hydrogen-bond acceptors (Lipinski definition) is 15. The molecule has 0 unspecified atom stereocenters. The lowest BCUT2D eigenvalue weighted by Crippen LogP contribution is -2.40. The third-order valence-electron chi connectivity index (χ3n) is 11.7. The monoisotopic (exact) mass is 1080 g/mol. The summed E-state index contributed by atoms with van der Waals surface area (Å²) in [7, 11) is -5.71. The molecule has 18 nitrogen and oxygen atoms in total. The highest BCUT2D eigenvalue weighted by atomic mass is 32.2. The van der Waals surface area contributed by atoms with E-state index in [0.717, 1.165) is 9.87 Å². The zero-order valence-corrected chi connectivity index (χ0v) is 45.1. The molecule has 20 heteroatoms. The van der Waals surface area contributed by atoms with Crippen LogP contribution in [0.5, 0.6) is 46.0 Å². The van der Waals surface area contributed by atoms with E-state index in [1.165, 1.54) is 62.8 Å². The summed E-state index contributed by atoms with van der Waals surface area (Å²) in [4.78, 5) is 29.9. The van der Waals surface area contributed by atoms with Crippen LogP contribution in [-0.4, -0.2) is 112 Å². The molecule has 0 saturated carbocycles. The first-order chi connectivity index (χ1) is 36.3. The number of aliphatic hydroxyl groups excluding tert-OH is 1. The summed E-state index contributed by atoms with van der Waals surface area (Å²) in [6.45, 7) is 9.33. The van der Waals surface area contributed by atoms with Crippen LogP contribution in [0, 0.1) is 5.92 Å². The molecular formula is C56H63N3O15S2. The van der Waals surface area contributed by atoms with Crippen molar-refractivity contribution in [2.24, 2.45) is 5.92 Å². The van der Waals surface area contributed by atoms with Gasteiger partial charge in [-0.25, -0.2) is 21.6 Å². The fraction of sp³-hybridized carbons (Fsp3) is 0.321. The fourth-order valence-electron chi connectivity index (χ4n) is 7.87. The number of methoxy groups -OCH3 is 2. The van der Waals surface area contributed by atoms with Crippen molar-refractivity contribution in [3.63, 3.8) is 0 Å². The Morgan fingerprint density at radius 1 is 0.684 bits per heavy atom. The molecule has 1 saturated heterocycles. The van der Waals surface area contributed by atoms with Crippen molar-refractivity contribution in [3.8, 4) is 46.0 Å². The standard InChI is InChI=1S/C56H63N3O15S2/c1-38(2)37-59(76(65,66)47-17-9-8-10-18-47)49-32-40(34-51(70-28-25-60)53(49)74-45-16-12-14-43(36-45)68-7)55(62)72-30-29-71-50-33-39(54(61)58-23-26-69-27-24-58)31-48(52(50)73-44-15-11-13-42(35-44)67-6)57-75(63,64)46-21-19-41(20-22-46)56(3,4)5/h8-22,31-36,38,57,60H,23-30,37H2,1-7H3. The van der Waals surface area contributed by atoms with Crippen molar-refractivity contribution in [1.82, 2.24) is 4.90 Å². The molecule has 0 bridgehead atoms. The fourth-order valence-corrected chi connectivity index (χ4v) is 10.6. The van der Waals surface area contributed by atoms with Crippen molar-refractivity contribution >= 4 is 43.3 Å². The number of carbonyl (C=O) groups is 2. The minimum Gasteiger partial charge on any atom is -0.497 e. The number of hydrogen-bond donors (Lipinski definition) is 2. The zero-order chi connectivity index (χ0) is 54.6. The highest BCUT2D eigenvalue weighted by Crippen LogP contribution is 2.46. The average molecular weight is 1080 g/mol. The SMILES string of the molecule is COc1cccc(Oc2c(NS(=O)(=O)c3ccc(C(C)(C)C)cc3)cc(C(=O)N3CCOCC3)cc2OCCOC(=O)c2cc(OCCO)c(Oc3cccc(OC)c3)c(N(CC(C)C)S(=O)(=O)c3ccccc3)c2)c1. The minimum atomic E-state index is -4.34. The number of aliphatic hydroxyl groups is 1. The molecule has 1 heterocycles. The first-order valence-electron chi connectivity index (χ1n) is 24.4. The van der Waals surface area contributed by atoms with Gasteiger partial charge in [0.15, 0.2) is 23.0 Å². The van der Waals surface area contributed by atoms with Gasteiger partial charge in [-0.2, -0.15) is 0 Å². The number of nitrogens with one attached hydrogen (secondary N) is 1. The van der Waals surface area contributed by atoms with Gasteiger partial charge in [0.05, 0.1) is 60.8 Å². The van der Waals surface area contributed by atoms with Gasteiger partial charge in [-0.3, -0.25) is 13.8 Å². The Kier molecular flexibility index (Phi) is 18.4. The molecule has 0 spiro atoms. The molecule has 6 aromatic carbocycles. The van der Waals surface area contributed by atoms with Gasteiger partial charge in [0.25, 0.3) is 26.0 Å². The van der Waals surface area contributed by atoms with Gasteiger partial charge in [0, 0.05) is 37.3 Å². The van der Waals surface area contributed by atoms with Crippen LogP contribution < -0.4 is 37.4 Å². The van der Waals surface area contributed by atoms with Crippen LogP contribution in [0.1, 0.15) is 60.9 Å². The van der Waals surface area contributed by atoms with Crippen LogP contribution in [0.25, 0.3) is 0 Å². The van der Waals surface area contributed by atoms with E-state index in [4.69, 9.17) is 37.9 Å². The Morgan fingerprint density at radius 2 is 1.26 bits per heavy atom. The second-order valence-corrected chi connectivity index (χ2v) is 22.4. The van der Waals surface area contributed by atoms with Gasteiger partial charge in [0.1, 0.15) is 42.8 Å². The number of benzene rings is 6. The Hall–Kier alpha value is -7.52. The first-order valence-corrected chi connectivity index (χ1v) is 27.3. The molecular weight excluding hydrogens is 1020 g/mol. The van der Waals surface area contributed by atoms with Gasteiger partial charge in [-0.05, 0) is 89.7 Å². The molecule has 0 radical (unpaired) electrons. The zero-order valence-electron chi connectivity index (χ0n) is 43.4. The summed E-state index contributed by atoms with van der Waals surface area (Å²) in [5.41, 5.74) is 0.373. The summed E-state index contributed by atoms with van der Waals surface area (Å²) in [6.07, 6.45) is 0. The summed E-state index contributed by atoms with van der Waals surface area (Å²) in [5.74, 6) is -0.619. The van der Waals surface area contributed by atoms with Gasteiger partial charge >= 0.3 is 5.97 Å². The van der Waals surface area contributed by atoms with Crippen LogP contribution >= 0.6 is 0 Å². The molecule has 7 rings (SSSR count). The smallest absolute Gasteiger partial charge is 0.338 e. The molecule has 404 valence electrons. The predicted octanol–water partition coefficient (Wildman–Crippen LogP) is 9.32. The Bertz CT molecular complexity index is 3200. The number of carbonyl (C=O) groups excluding carboxylic acids is 2. The predicted molar refractivity (Wildman–Crippen MR) is 286 cm³/mol. The van der Waals surface area contributed by atoms with Crippen molar-refractivity contribution in [2.45, 2.75) is 49.8 Å². The average Bonchev–Trinajstić information content (AvgIpc) is 3.41. The maximum absolute atomic E-state index is 14.6. The summed E-state index contributed by atoms with van der Waals surface area (Å²) in [5, 5.41) is 9.90. The first kappa shape index (κ1) is 56.2. The maximum Gasteiger partial charge on any atom is 0.338 e. The number of morpholine rings is 1. The lowest BCUT2D eigenvalue weighted by atomic mass is 9.87. The van der Waals surface area contributed by atoms with Crippen LogP contribution in [0.4, 0.5) is 11.4 Å². The van der Waals surface area contributed by atoms with Crippen LogP contribution in [0.2, 0.25) is 0 Å². The van der Waals surface area contributed by atoms with Crippen LogP contribution in [0.3, 0.4) is 0 Å². The molecule has 0 atom stereocenters. The quantitative estimate of drug-likeness (QED) is 0.0452. The van der Waals surface area contributed by atoms with E-state index in [-0.39, 0.29) is 111 Å². The van der Waals surface area contributed by atoms with Crippen molar-refractivity contribution in [2.75, 3.05) is 82.5 Å². The molecule has 0 aromatic heterocycles. The Labute approximate surface area is 444 Å². The Morgan fingerprint density at radius 3 is 1.86 bits per heavy atom. The lowest BCUT2D eigenvalue weighted by molar-refractivity contribution is 0.0302. The molecule has 1 aliphatic heterocycles. The van der Waals surface area contributed by atoms with Crippen LogP contribution in [0.15, 0.2) is 137 Å². The second-order valence-electron chi connectivity index (χ2n) is 18.8. The molecule has 1 amide bonds. The van der Waals surface area contributed by atoms with E-state index in [1.54, 1.807) is 83.8 Å². The maximum atomic E-state index is 14.6. The van der Waals surface area contributed by atoms with E-state index in [9.17, 15) is 31.5 Å². The van der Waals surface area contributed by atoms with Crippen molar-refractivity contribution in [1.29, 1.82) is 0 Å². The molecule has 76 heavy (non-hydrogen) atoms. The number of sulfonamides is 2. The third-order valence-corrected chi connectivity index (χ3v) is 14.9. The van der Waals surface area contributed by atoms with E-state index >= 15 is 0 Å². The van der Waals surface area contributed by atoms with Gasteiger partial charge < -0.3 is 47.9 Å². The van der Waals surface area contributed by atoms with Crippen LogP contribution in [-0.2, 0) is 34.9 Å². The van der Waals surface area contributed by atoms with Crippen molar-refractivity contribution < 1.29 is 69.4 Å². The Balaban J connectivity index is 1.27. The molecule has 6 aromatic rings. The number of amides is 1.